The first kappa shape index (κ1) is 21.0. The van der Waals surface area contributed by atoms with E-state index in [-0.39, 0.29) is 36.7 Å². The zero-order valence-corrected chi connectivity index (χ0v) is 17.5. The molecular formula is C24H19F2N3O4. The van der Waals surface area contributed by atoms with Crippen LogP contribution in [0.2, 0.25) is 0 Å². The molecule has 168 valence electrons. The second-order valence-electron chi connectivity index (χ2n) is 8.10. The minimum Gasteiger partial charge on any atom is -0.448 e. The first-order valence-corrected chi connectivity index (χ1v) is 10.6. The predicted octanol–water partition coefficient (Wildman–Crippen LogP) is 3.54. The van der Waals surface area contributed by atoms with Gasteiger partial charge in [-0.05, 0) is 43.2 Å². The second-order valence-corrected chi connectivity index (χ2v) is 8.10. The fourth-order valence-electron chi connectivity index (χ4n) is 4.27. The van der Waals surface area contributed by atoms with E-state index in [0.717, 1.165) is 23.6 Å². The molecule has 2 aromatic heterocycles. The molecule has 0 bridgehead atoms. The molecule has 0 spiro atoms. The van der Waals surface area contributed by atoms with Crippen molar-refractivity contribution < 1.29 is 22.8 Å². The molecule has 9 heteroatoms. The smallest absolute Gasteiger partial charge is 0.297 e. The van der Waals surface area contributed by atoms with Crippen LogP contribution in [0.15, 0.2) is 58.0 Å². The summed E-state index contributed by atoms with van der Waals surface area (Å²) in [6, 6.07) is 9.98. The van der Waals surface area contributed by atoms with Gasteiger partial charge in [0.15, 0.2) is 5.78 Å². The number of likely N-dealkylation sites (tertiary alicyclic amines) is 1. The van der Waals surface area contributed by atoms with Crippen molar-refractivity contribution >= 4 is 33.8 Å². The van der Waals surface area contributed by atoms with E-state index in [4.69, 9.17) is 4.42 Å². The Morgan fingerprint density at radius 3 is 2.64 bits per heavy atom. The summed E-state index contributed by atoms with van der Waals surface area (Å²) in [5.74, 6) is -2.69. The zero-order valence-electron chi connectivity index (χ0n) is 17.5. The third kappa shape index (κ3) is 3.79. The number of aromatic nitrogens is 2. The molecule has 1 amide bonds. The van der Waals surface area contributed by atoms with Crippen LogP contribution in [0.5, 0.6) is 0 Å². The van der Waals surface area contributed by atoms with Gasteiger partial charge in [0.1, 0.15) is 29.3 Å². The summed E-state index contributed by atoms with van der Waals surface area (Å²) in [7, 11) is 0. The number of furan rings is 1. The van der Waals surface area contributed by atoms with Crippen LogP contribution in [0, 0.1) is 17.6 Å². The summed E-state index contributed by atoms with van der Waals surface area (Å²) in [5.41, 5.74) is 0.367. The molecule has 0 radical (unpaired) electrons. The first-order chi connectivity index (χ1) is 15.9. The number of nitrogens with zero attached hydrogens (tertiary/aromatic N) is 3. The molecule has 2 aromatic carbocycles. The lowest BCUT2D eigenvalue weighted by Crippen LogP contribution is -2.43. The number of fused-ring (bicyclic) bond motifs is 3. The van der Waals surface area contributed by atoms with Crippen LogP contribution >= 0.6 is 0 Å². The summed E-state index contributed by atoms with van der Waals surface area (Å²) in [6.45, 7) is 0.346. The van der Waals surface area contributed by atoms with E-state index in [9.17, 15) is 23.2 Å². The van der Waals surface area contributed by atoms with Crippen molar-refractivity contribution in [3.05, 3.63) is 76.3 Å². The van der Waals surface area contributed by atoms with Crippen molar-refractivity contribution in [2.45, 2.75) is 19.4 Å². The van der Waals surface area contributed by atoms with E-state index in [1.54, 1.807) is 17.0 Å². The largest absolute Gasteiger partial charge is 0.448 e. The van der Waals surface area contributed by atoms with Gasteiger partial charge >= 0.3 is 0 Å². The number of piperidine rings is 1. The Bertz CT molecular complexity index is 1450. The highest BCUT2D eigenvalue weighted by atomic mass is 19.1. The van der Waals surface area contributed by atoms with Crippen molar-refractivity contribution in [2.75, 3.05) is 13.1 Å². The number of ketones is 1. The Labute approximate surface area is 186 Å². The molecule has 4 aromatic rings. The van der Waals surface area contributed by atoms with Crippen LogP contribution in [0.4, 0.5) is 8.78 Å². The summed E-state index contributed by atoms with van der Waals surface area (Å²) in [4.78, 5) is 44.1. The average molecular weight is 451 g/mol. The zero-order chi connectivity index (χ0) is 23.1. The molecule has 3 heterocycles. The van der Waals surface area contributed by atoms with Gasteiger partial charge in [0.05, 0.1) is 11.9 Å². The summed E-state index contributed by atoms with van der Waals surface area (Å²) in [6.07, 6.45) is 1.99. The van der Waals surface area contributed by atoms with Crippen molar-refractivity contribution in [3.63, 3.8) is 0 Å². The number of para-hydroxylation sites is 1. The highest BCUT2D eigenvalue weighted by molar-refractivity contribution is 6.01. The van der Waals surface area contributed by atoms with Crippen LogP contribution in [0.3, 0.4) is 0 Å². The third-order valence-electron chi connectivity index (χ3n) is 6.07. The van der Waals surface area contributed by atoms with Gasteiger partial charge in [-0.15, -0.1) is 0 Å². The lowest BCUT2D eigenvalue weighted by atomic mass is 9.88. The summed E-state index contributed by atoms with van der Waals surface area (Å²) in [5, 5.41) is 0.726. The molecular weight excluding hydrogens is 432 g/mol. The molecule has 1 aliphatic rings. The fourth-order valence-corrected chi connectivity index (χ4v) is 4.27. The van der Waals surface area contributed by atoms with E-state index in [1.165, 1.54) is 10.9 Å². The second kappa shape index (κ2) is 8.23. The number of rotatable bonds is 4. The molecule has 1 fully saturated rings. The van der Waals surface area contributed by atoms with Gasteiger partial charge in [0.2, 0.25) is 11.5 Å². The quantitative estimate of drug-likeness (QED) is 0.443. The van der Waals surface area contributed by atoms with Crippen LogP contribution in [-0.4, -0.2) is 39.2 Å². The van der Waals surface area contributed by atoms with E-state index in [0.29, 0.717) is 23.9 Å². The number of hydrogen-bond donors (Lipinski definition) is 0. The highest BCUT2D eigenvalue weighted by Crippen LogP contribution is 2.25. The monoisotopic (exact) mass is 451 g/mol. The Hall–Kier alpha value is -3.88. The lowest BCUT2D eigenvalue weighted by Gasteiger charge is -2.31. The third-order valence-corrected chi connectivity index (χ3v) is 6.07. The number of amides is 1. The SMILES string of the molecule is O=C(c1cc(F)ccc1F)C1CCN(C(=O)Cn2cnc3c(oc4ccccc43)c2=O)CC1. The number of carbonyl (C=O) groups is 2. The fraction of sp³-hybridized carbons (Fsp3) is 0.250. The van der Waals surface area contributed by atoms with Crippen LogP contribution in [-0.2, 0) is 11.3 Å². The maximum Gasteiger partial charge on any atom is 0.297 e. The molecule has 1 saturated heterocycles. The van der Waals surface area contributed by atoms with Crippen LogP contribution < -0.4 is 5.56 Å². The Balaban J connectivity index is 1.28. The molecule has 0 saturated carbocycles. The number of benzene rings is 2. The lowest BCUT2D eigenvalue weighted by molar-refractivity contribution is -0.133. The van der Waals surface area contributed by atoms with Gasteiger partial charge in [0, 0.05) is 24.4 Å². The predicted molar refractivity (Wildman–Crippen MR) is 116 cm³/mol. The van der Waals surface area contributed by atoms with Crippen molar-refractivity contribution in [3.8, 4) is 0 Å². The van der Waals surface area contributed by atoms with Gasteiger partial charge in [0.25, 0.3) is 5.56 Å². The van der Waals surface area contributed by atoms with Crippen molar-refractivity contribution in [1.29, 1.82) is 0 Å². The molecule has 0 atom stereocenters. The highest BCUT2D eigenvalue weighted by Gasteiger charge is 2.29. The van der Waals surface area contributed by atoms with Gasteiger partial charge in [-0.1, -0.05) is 12.1 Å². The maximum absolute atomic E-state index is 13.9. The number of hydrogen-bond acceptors (Lipinski definition) is 5. The van der Waals surface area contributed by atoms with Gasteiger partial charge in [-0.25, -0.2) is 13.8 Å². The molecule has 0 N–H and O–H groups in total. The minimum atomic E-state index is -0.757. The Morgan fingerprint density at radius 1 is 1.09 bits per heavy atom. The van der Waals surface area contributed by atoms with Gasteiger partial charge in [-0.3, -0.25) is 19.0 Å². The van der Waals surface area contributed by atoms with Crippen LogP contribution in [0.1, 0.15) is 23.2 Å². The Kier molecular flexibility index (Phi) is 5.24. The number of halogens is 2. The number of Topliss-reactive ketones (excluding diaryl/α,β-unsaturated/α-hetero) is 1. The molecule has 0 unspecified atom stereocenters. The topological polar surface area (TPSA) is 85.4 Å². The van der Waals surface area contributed by atoms with Crippen LogP contribution in [0.25, 0.3) is 22.1 Å². The first-order valence-electron chi connectivity index (χ1n) is 10.6. The molecule has 33 heavy (non-hydrogen) atoms. The normalized spacial score (nSPS) is 14.8. The maximum atomic E-state index is 13.9. The van der Waals surface area contributed by atoms with E-state index < -0.39 is 28.9 Å². The van der Waals surface area contributed by atoms with Gasteiger partial charge in [-0.2, -0.15) is 0 Å². The van der Waals surface area contributed by atoms with E-state index >= 15 is 0 Å². The van der Waals surface area contributed by atoms with Crippen molar-refractivity contribution in [1.82, 2.24) is 14.5 Å². The summed E-state index contributed by atoms with van der Waals surface area (Å²) >= 11 is 0. The Morgan fingerprint density at radius 2 is 1.85 bits per heavy atom. The van der Waals surface area contributed by atoms with Gasteiger partial charge < -0.3 is 9.32 Å². The standard InChI is InChI=1S/C24H19F2N3O4/c25-15-5-6-18(26)17(11-15)22(31)14-7-9-28(10-8-14)20(30)12-29-13-27-21-16-3-1-2-4-19(16)33-23(21)24(29)32/h1-6,11,13-14H,7-10,12H2. The molecule has 5 rings (SSSR count). The number of carbonyl (C=O) groups excluding carboxylic acids is 2. The minimum absolute atomic E-state index is 0.0907. The van der Waals surface area contributed by atoms with E-state index in [2.05, 4.69) is 4.98 Å². The molecule has 0 aliphatic carbocycles. The summed E-state index contributed by atoms with van der Waals surface area (Å²) < 4.78 is 34.2. The van der Waals surface area contributed by atoms with E-state index in [1.807, 2.05) is 12.1 Å². The molecule has 7 nitrogen and oxygen atoms in total. The molecule has 1 aliphatic heterocycles. The average Bonchev–Trinajstić information content (AvgIpc) is 3.21. The van der Waals surface area contributed by atoms with Crippen molar-refractivity contribution in [2.24, 2.45) is 5.92 Å².